The number of pyridine rings is 1. The van der Waals surface area contributed by atoms with Gasteiger partial charge in [0.1, 0.15) is 0 Å². The van der Waals surface area contributed by atoms with Gasteiger partial charge in [0.2, 0.25) is 5.91 Å². The average Bonchev–Trinajstić information content (AvgIpc) is 2.71. The van der Waals surface area contributed by atoms with Crippen LogP contribution >= 0.6 is 0 Å². The van der Waals surface area contributed by atoms with Gasteiger partial charge in [-0.3, -0.25) is 19.5 Å². The first-order valence-corrected chi connectivity index (χ1v) is 9.97. The highest BCUT2D eigenvalue weighted by Gasteiger charge is 2.31. The number of likely N-dealkylation sites (tertiary alicyclic amines) is 2. The Hall–Kier alpha value is -1.99. The second-order valence-electron chi connectivity index (χ2n) is 7.59. The molecule has 0 radical (unpaired) electrons. The highest BCUT2D eigenvalue weighted by molar-refractivity contribution is 5.78. The van der Waals surface area contributed by atoms with Gasteiger partial charge in [-0.25, -0.2) is 0 Å². The van der Waals surface area contributed by atoms with Crippen LogP contribution in [0.1, 0.15) is 37.8 Å². The summed E-state index contributed by atoms with van der Waals surface area (Å²) in [5.74, 6) is -0.551. The van der Waals surface area contributed by atoms with Gasteiger partial charge in [-0.1, -0.05) is 6.07 Å². The maximum Gasteiger partial charge on any atom is 0.304 e. The molecule has 1 aromatic rings. The maximum atomic E-state index is 12.6. The fourth-order valence-corrected chi connectivity index (χ4v) is 4.14. The van der Waals surface area contributed by atoms with Gasteiger partial charge in [0.15, 0.2) is 0 Å². The second-order valence-corrected chi connectivity index (χ2v) is 7.59. The van der Waals surface area contributed by atoms with Crippen molar-refractivity contribution in [2.45, 2.75) is 44.7 Å². The molecular weight excluding hydrogens is 344 g/mol. The number of carbonyl (C=O) groups is 2. The van der Waals surface area contributed by atoms with E-state index in [1.54, 1.807) is 6.20 Å². The molecule has 27 heavy (non-hydrogen) atoms. The summed E-state index contributed by atoms with van der Waals surface area (Å²) in [6, 6.07) is 6.24. The number of hydrogen-bond acceptors (Lipinski definition) is 5. The molecule has 1 aromatic heterocycles. The number of amides is 1. The zero-order valence-electron chi connectivity index (χ0n) is 15.8. The van der Waals surface area contributed by atoms with E-state index in [2.05, 4.69) is 20.1 Å². The Bertz CT molecular complexity index is 617. The van der Waals surface area contributed by atoms with E-state index in [1.165, 1.54) is 0 Å². The lowest BCUT2D eigenvalue weighted by Crippen LogP contribution is -2.50. The molecule has 0 aliphatic carbocycles. The Morgan fingerprint density at radius 2 is 2.00 bits per heavy atom. The summed E-state index contributed by atoms with van der Waals surface area (Å²) < 4.78 is 0. The molecule has 1 unspecified atom stereocenters. The summed E-state index contributed by atoms with van der Waals surface area (Å²) in [7, 11) is 0. The second kappa shape index (κ2) is 9.80. The number of nitrogens with zero attached hydrogens (tertiary/aromatic N) is 3. The van der Waals surface area contributed by atoms with Crippen LogP contribution in [0.25, 0.3) is 0 Å². The monoisotopic (exact) mass is 374 g/mol. The quantitative estimate of drug-likeness (QED) is 0.749. The third kappa shape index (κ3) is 6.01. The SMILES string of the molecule is O=C(O)CCN1CCC(N2CCCC(C(=O)NCc3ccccn3)C2)CC1. The van der Waals surface area contributed by atoms with E-state index in [0.29, 0.717) is 19.1 Å². The molecule has 7 nitrogen and oxygen atoms in total. The minimum atomic E-state index is -0.729. The molecule has 7 heteroatoms. The van der Waals surface area contributed by atoms with Crippen molar-refractivity contribution in [1.82, 2.24) is 20.1 Å². The number of aromatic nitrogens is 1. The smallest absolute Gasteiger partial charge is 0.304 e. The Morgan fingerprint density at radius 1 is 1.19 bits per heavy atom. The van der Waals surface area contributed by atoms with Crippen LogP contribution in [-0.2, 0) is 16.1 Å². The third-order valence-electron chi connectivity index (χ3n) is 5.71. The van der Waals surface area contributed by atoms with Crippen LogP contribution in [0.3, 0.4) is 0 Å². The van der Waals surface area contributed by atoms with Gasteiger partial charge in [0, 0.05) is 25.3 Å². The van der Waals surface area contributed by atoms with Crippen molar-refractivity contribution < 1.29 is 14.7 Å². The predicted octanol–water partition coefficient (Wildman–Crippen LogP) is 1.35. The van der Waals surface area contributed by atoms with Crippen LogP contribution in [0.2, 0.25) is 0 Å². The lowest BCUT2D eigenvalue weighted by atomic mass is 9.93. The molecule has 0 aromatic carbocycles. The number of carbonyl (C=O) groups excluding carboxylic acids is 1. The zero-order valence-corrected chi connectivity index (χ0v) is 15.8. The van der Waals surface area contributed by atoms with E-state index in [9.17, 15) is 9.59 Å². The van der Waals surface area contributed by atoms with Crippen molar-refractivity contribution in [3.8, 4) is 0 Å². The first kappa shape index (κ1) is 19.8. The van der Waals surface area contributed by atoms with E-state index in [1.807, 2.05) is 18.2 Å². The minimum Gasteiger partial charge on any atom is -0.481 e. The maximum absolute atomic E-state index is 12.6. The number of aliphatic carboxylic acids is 1. The van der Waals surface area contributed by atoms with Crippen LogP contribution in [0.4, 0.5) is 0 Å². The number of carboxylic acids is 1. The zero-order chi connectivity index (χ0) is 19.1. The highest BCUT2D eigenvalue weighted by atomic mass is 16.4. The minimum absolute atomic E-state index is 0.0486. The molecule has 3 rings (SSSR count). The molecule has 2 aliphatic heterocycles. The van der Waals surface area contributed by atoms with E-state index < -0.39 is 5.97 Å². The van der Waals surface area contributed by atoms with Gasteiger partial charge in [0.25, 0.3) is 0 Å². The summed E-state index contributed by atoms with van der Waals surface area (Å²) in [5.41, 5.74) is 0.882. The number of piperidine rings is 2. The molecule has 2 fully saturated rings. The van der Waals surface area contributed by atoms with E-state index >= 15 is 0 Å². The van der Waals surface area contributed by atoms with Crippen LogP contribution in [-0.4, -0.2) is 70.5 Å². The summed E-state index contributed by atoms with van der Waals surface area (Å²) in [4.78, 5) is 32.3. The lowest BCUT2D eigenvalue weighted by molar-refractivity contribution is -0.137. The van der Waals surface area contributed by atoms with E-state index in [0.717, 1.165) is 57.6 Å². The fraction of sp³-hybridized carbons (Fsp3) is 0.650. The average molecular weight is 374 g/mol. The summed E-state index contributed by atoms with van der Waals surface area (Å²) in [5, 5.41) is 11.9. The summed E-state index contributed by atoms with van der Waals surface area (Å²) in [6.07, 6.45) is 6.08. The largest absolute Gasteiger partial charge is 0.481 e. The van der Waals surface area contributed by atoms with Crippen molar-refractivity contribution >= 4 is 11.9 Å². The number of carboxylic acid groups (broad SMARTS) is 1. The van der Waals surface area contributed by atoms with Gasteiger partial charge in [-0.2, -0.15) is 0 Å². The molecule has 1 amide bonds. The fourth-order valence-electron chi connectivity index (χ4n) is 4.14. The molecule has 2 aliphatic rings. The molecule has 2 N–H and O–H groups in total. The molecule has 1 atom stereocenters. The number of hydrogen-bond donors (Lipinski definition) is 2. The molecule has 2 saturated heterocycles. The Balaban J connectivity index is 1.42. The van der Waals surface area contributed by atoms with Crippen LogP contribution in [0.15, 0.2) is 24.4 Å². The van der Waals surface area contributed by atoms with Crippen LogP contribution in [0, 0.1) is 5.92 Å². The topological polar surface area (TPSA) is 85.8 Å². The Kier molecular flexibility index (Phi) is 7.18. The van der Waals surface area contributed by atoms with Crippen molar-refractivity contribution in [2.75, 3.05) is 32.7 Å². The van der Waals surface area contributed by atoms with Crippen molar-refractivity contribution in [3.05, 3.63) is 30.1 Å². The van der Waals surface area contributed by atoms with Crippen molar-refractivity contribution in [2.24, 2.45) is 5.92 Å². The van der Waals surface area contributed by atoms with E-state index in [4.69, 9.17) is 5.11 Å². The van der Waals surface area contributed by atoms with Gasteiger partial charge >= 0.3 is 5.97 Å². The highest BCUT2D eigenvalue weighted by Crippen LogP contribution is 2.24. The normalized spacial score (nSPS) is 22.4. The molecule has 3 heterocycles. The van der Waals surface area contributed by atoms with Gasteiger partial charge in [0.05, 0.1) is 24.6 Å². The lowest BCUT2D eigenvalue weighted by Gasteiger charge is -2.42. The van der Waals surface area contributed by atoms with Gasteiger partial charge in [-0.05, 0) is 57.5 Å². The predicted molar refractivity (Wildman–Crippen MR) is 102 cm³/mol. The molecule has 0 bridgehead atoms. The van der Waals surface area contributed by atoms with Crippen LogP contribution in [0.5, 0.6) is 0 Å². The van der Waals surface area contributed by atoms with Gasteiger partial charge in [-0.15, -0.1) is 0 Å². The van der Waals surface area contributed by atoms with Gasteiger partial charge < -0.3 is 15.3 Å². The first-order chi connectivity index (χ1) is 13.1. The van der Waals surface area contributed by atoms with Crippen molar-refractivity contribution in [3.63, 3.8) is 0 Å². The number of nitrogens with one attached hydrogen (secondary N) is 1. The molecular formula is C20H30N4O3. The van der Waals surface area contributed by atoms with E-state index in [-0.39, 0.29) is 18.2 Å². The molecule has 0 saturated carbocycles. The van der Waals surface area contributed by atoms with Crippen LogP contribution < -0.4 is 5.32 Å². The standard InChI is InChI=1S/C20H30N4O3/c25-19(26)8-13-23-11-6-18(7-12-23)24-10-3-4-16(15-24)20(27)22-14-17-5-1-2-9-21-17/h1-2,5,9,16,18H,3-4,6-8,10-15H2,(H,22,27)(H,25,26). The van der Waals surface area contributed by atoms with Crippen molar-refractivity contribution in [1.29, 1.82) is 0 Å². The summed E-state index contributed by atoms with van der Waals surface area (Å²) >= 11 is 0. The first-order valence-electron chi connectivity index (χ1n) is 9.97. The molecule has 0 spiro atoms. The summed E-state index contributed by atoms with van der Waals surface area (Å²) in [6.45, 7) is 4.91. The third-order valence-corrected chi connectivity index (χ3v) is 5.71. The Labute approximate surface area is 160 Å². The number of rotatable bonds is 7. The molecule has 148 valence electrons. The Morgan fingerprint density at radius 3 is 2.70 bits per heavy atom.